The molecule has 15 heteroatoms. The van der Waals surface area contributed by atoms with Crippen molar-refractivity contribution < 1.29 is 37.8 Å². The molecule has 35 heavy (non-hydrogen) atoms. The van der Waals surface area contributed by atoms with Gasteiger partial charge in [-0.05, 0) is 44.0 Å². The van der Waals surface area contributed by atoms with Gasteiger partial charge in [0.2, 0.25) is 16.9 Å². The van der Waals surface area contributed by atoms with E-state index in [0.29, 0.717) is 29.3 Å². The number of carbonyl (C=O) groups excluding carboxylic acids is 1. The number of nitrogens with one attached hydrogen (secondary N) is 1. The Kier molecular flexibility index (Phi) is 8.34. The van der Waals surface area contributed by atoms with Crippen molar-refractivity contribution in [2.45, 2.75) is 25.6 Å². The largest absolute Gasteiger partial charge is 0.473 e. The molecule has 0 atom stereocenters. The zero-order chi connectivity index (χ0) is 25.6. The summed E-state index contributed by atoms with van der Waals surface area (Å²) in [4.78, 5) is 36.1. The first-order valence-corrected chi connectivity index (χ1v) is 11.2. The van der Waals surface area contributed by atoms with Gasteiger partial charge in [0, 0.05) is 6.54 Å². The summed E-state index contributed by atoms with van der Waals surface area (Å²) in [6.07, 6.45) is -3.06. The Morgan fingerprint density at radius 1 is 1.11 bits per heavy atom. The van der Waals surface area contributed by atoms with Crippen molar-refractivity contribution >= 4 is 45.3 Å². The third kappa shape index (κ3) is 7.19. The fourth-order valence-electron chi connectivity index (χ4n) is 3.65. The van der Waals surface area contributed by atoms with Crippen molar-refractivity contribution in [2.24, 2.45) is 5.92 Å². The number of piperidine rings is 1. The quantitative estimate of drug-likeness (QED) is 0.436. The minimum Gasteiger partial charge on any atom is -0.473 e. The highest BCUT2D eigenvalue weighted by atomic mass is 32.1. The highest BCUT2D eigenvalue weighted by Gasteiger charge is 2.38. The van der Waals surface area contributed by atoms with Crippen LogP contribution in [0.3, 0.4) is 0 Å². The molecule has 0 saturated carbocycles. The number of fused-ring (bicyclic) bond motifs is 1. The number of anilines is 1. The first-order chi connectivity index (χ1) is 16.5. The molecule has 0 radical (unpaired) electrons. The predicted octanol–water partition coefficient (Wildman–Crippen LogP) is 2.41. The average Bonchev–Trinajstić information content (AvgIpc) is 3.43. The fraction of sp³-hybridized carbons (Fsp3) is 0.400. The van der Waals surface area contributed by atoms with E-state index in [1.165, 1.54) is 21.4 Å². The highest BCUT2D eigenvalue weighted by molar-refractivity contribution is 7.13. The Balaban J connectivity index is 0.000000509. The molecule has 2 aromatic heterocycles. The number of hydrogen-bond acceptors (Lipinski definition) is 8. The molecule has 1 saturated heterocycles. The van der Waals surface area contributed by atoms with Gasteiger partial charge in [0.25, 0.3) is 0 Å². The zero-order valence-corrected chi connectivity index (χ0v) is 18.9. The first-order valence-electron chi connectivity index (χ1n) is 10.3. The monoisotopic (exact) mass is 514 g/mol. The minimum atomic E-state index is -4.50. The molecule has 3 N–H and O–H groups in total. The number of nitrogens with zero attached hydrogens (tertiary/aromatic N) is 5. The van der Waals surface area contributed by atoms with Crippen LogP contribution in [0, 0.1) is 5.92 Å². The third-order valence-corrected chi connectivity index (χ3v) is 5.82. The lowest BCUT2D eigenvalue weighted by Crippen LogP contribution is -2.40. The molecule has 1 aliphatic rings. The van der Waals surface area contributed by atoms with Crippen LogP contribution in [0.1, 0.15) is 18.7 Å². The maximum Gasteiger partial charge on any atom is 0.449 e. The number of carboxylic acids is 2. The lowest BCUT2D eigenvalue weighted by Gasteiger charge is -2.32. The van der Waals surface area contributed by atoms with Crippen LogP contribution in [0.5, 0.6) is 0 Å². The number of carboxylic acid groups (broad SMARTS) is 2. The van der Waals surface area contributed by atoms with Crippen molar-refractivity contribution in [2.75, 3.05) is 25.0 Å². The Hall–Kier alpha value is -3.59. The van der Waals surface area contributed by atoms with E-state index >= 15 is 0 Å². The molecular formula is C20H21F3N6O5S. The van der Waals surface area contributed by atoms with Gasteiger partial charge >= 0.3 is 18.1 Å². The van der Waals surface area contributed by atoms with Crippen LogP contribution in [0.25, 0.3) is 11.0 Å². The van der Waals surface area contributed by atoms with E-state index in [0.717, 1.165) is 12.8 Å². The average molecular weight is 514 g/mol. The van der Waals surface area contributed by atoms with E-state index in [2.05, 4.69) is 20.5 Å². The summed E-state index contributed by atoms with van der Waals surface area (Å²) >= 11 is 1.25. The number of benzene rings is 1. The van der Waals surface area contributed by atoms with Gasteiger partial charge in [-0.2, -0.15) is 13.2 Å². The van der Waals surface area contributed by atoms with Gasteiger partial charge < -0.3 is 14.8 Å². The summed E-state index contributed by atoms with van der Waals surface area (Å²) in [5.41, 5.74) is 2.39. The maximum atomic E-state index is 13.5. The number of rotatable bonds is 5. The van der Waals surface area contributed by atoms with E-state index in [9.17, 15) is 18.0 Å². The molecule has 3 heterocycles. The number of para-hydroxylation sites is 2. The van der Waals surface area contributed by atoms with Crippen LogP contribution in [0.2, 0.25) is 0 Å². The van der Waals surface area contributed by atoms with Crippen molar-refractivity contribution in [3.63, 3.8) is 0 Å². The topological polar surface area (TPSA) is 151 Å². The molecule has 0 spiro atoms. The molecule has 0 unspecified atom stereocenters. The molecule has 1 amide bonds. The second-order valence-electron chi connectivity index (χ2n) is 7.65. The number of aliphatic carboxylic acids is 2. The second kappa shape index (κ2) is 11.2. The Morgan fingerprint density at radius 2 is 1.77 bits per heavy atom. The zero-order valence-electron chi connectivity index (χ0n) is 18.1. The van der Waals surface area contributed by atoms with Crippen LogP contribution in [-0.4, -0.2) is 72.3 Å². The summed E-state index contributed by atoms with van der Waals surface area (Å²) in [6, 6.07) is 6.68. The SMILES string of the molecule is O=C(CN1CCC(Cn2c(C(F)(F)F)nc3ccccc32)CC1)Nc1nncs1.O=C(O)C(=O)O. The number of imidazole rings is 1. The van der Waals surface area contributed by atoms with Crippen molar-refractivity contribution in [1.29, 1.82) is 0 Å². The van der Waals surface area contributed by atoms with Gasteiger partial charge in [-0.25, -0.2) is 14.6 Å². The number of aromatic nitrogens is 4. The van der Waals surface area contributed by atoms with Gasteiger partial charge in [0.1, 0.15) is 5.51 Å². The number of likely N-dealkylation sites (tertiary alicyclic amines) is 1. The van der Waals surface area contributed by atoms with Crippen LogP contribution < -0.4 is 5.32 Å². The molecular weight excluding hydrogens is 493 g/mol. The van der Waals surface area contributed by atoms with Crippen LogP contribution >= 0.6 is 11.3 Å². The molecule has 3 aromatic rings. The normalized spacial score (nSPS) is 14.8. The number of amides is 1. The van der Waals surface area contributed by atoms with E-state index in [4.69, 9.17) is 19.8 Å². The van der Waals surface area contributed by atoms with Crippen molar-refractivity contribution in [1.82, 2.24) is 24.6 Å². The Morgan fingerprint density at radius 3 is 2.34 bits per heavy atom. The number of carbonyl (C=O) groups is 3. The number of alkyl halides is 3. The number of hydrogen-bond donors (Lipinski definition) is 3. The molecule has 188 valence electrons. The van der Waals surface area contributed by atoms with Crippen LogP contribution in [0.15, 0.2) is 29.8 Å². The van der Waals surface area contributed by atoms with Crippen molar-refractivity contribution in [3.05, 3.63) is 35.6 Å². The van der Waals surface area contributed by atoms with Crippen molar-refractivity contribution in [3.8, 4) is 0 Å². The standard InChI is InChI=1S/C18H19F3N6OS.C2H2O4/c19-18(20,21)16-23-13-3-1-2-4-14(13)27(16)9-12-5-7-26(8-6-12)10-15(28)24-17-25-22-11-29-17;3-1(4)2(5)6/h1-4,11-12H,5-10H2,(H,24,25,28);(H,3,4)(H,5,6). The van der Waals surface area contributed by atoms with Gasteiger partial charge in [0.05, 0.1) is 17.6 Å². The lowest BCUT2D eigenvalue weighted by molar-refractivity contribution is -0.159. The van der Waals surface area contributed by atoms with Crippen LogP contribution in [-0.2, 0) is 27.1 Å². The van der Waals surface area contributed by atoms with Gasteiger partial charge in [-0.3, -0.25) is 15.0 Å². The maximum absolute atomic E-state index is 13.5. The molecule has 4 rings (SSSR count). The summed E-state index contributed by atoms with van der Waals surface area (Å²) in [6.45, 7) is 1.80. The Labute approximate surface area is 200 Å². The van der Waals surface area contributed by atoms with Gasteiger partial charge in [0.15, 0.2) is 0 Å². The van der Waals surface area contributed by atoms with Gasteiger partial charge in [-0.1, -0.05) is 23.5 Å². The summed E-state index contributed by atoms with van der Waals surface area (Å²) in [5.74, 6) is -4.57. The van der Waals surface area contributed by atoms with E-state index in [1.54, 1.807) is 24.3 Å². The molecule has 0 aliphatic carbocycles. The smallest absolute Gasteiger partial charge is 0.449 e. The fourth-order valence-corrected chi connectivity index (χ4v) is 4.11. The molecule has 0 bridgehead atoms. The summed E-state index contributed by atoms with van der Waals surface area (Å²) in [7, 11) is 0. The molecule has 11 nitrogen and oxygen atoms in total. The Bertz CT molecular complexity index is 1160. The van der Waals surface area contributed by atoms with Crippen LogP contribution in [0.4, 0.5) is 18.3 Å². The van der Waals surface area contributed by atoms with E-state index in [1.807, 2.05) is 4.90 Å². The van der Waals surface area contributed by atoms with E-state index in [-0.39, 0.29) is 24.9 Å². The first kappa shape index (κ1) is 26.0. The highest BCUT2D eigenvalue weighted by Crippen LogP contribution is 2.33. The molecule has 1 aliphatic heterocycles. The summed E-state index contributed by atoms with van der Waals surface area (Å²) < 4.78 is 41.7. The minimum absolute atomic E-state index is 0.0937. The predicted molar refractivity (Wildman–Crippen MR) is 118 cm³/mol. The van der Waals surface area contributed by atoms with E-state index < -0.39 is 23.9 Å². The lowest BCUT2D eigenvalue weighted by atomic mass is 9.96. The third-order valence-electron chi connectivity index (χ3n) is 5.21. The number of halogens is 3. The summed E-state index contributed by atoms with van der Waals surface area (Å²) in [5, 5.41) is 25.4. The molecule has 1 fully saturated rings. The van der Waals surface area contributed by atoms with Gasteiger partial charge in [-0.15, -0.1) is 10.2 Å². The molecule has 1 aromatic carbocycles. The second-order valence-corrected chi connectivity index (χ2v) is 8.49.